The third kappa shape index (κ3) is 8.28. The van der Waals surface area contributed by atoms with E-state index in [2.05, 4.69) is 44.6 Å². The Morgan fingerprint density at radius 2 is 1.55 bits per heavy atom. The van der Waals surface area contributed by atoms with Gasteiger partial charge in [-0.05, 0) is 36.7 Å². The van der Waals surface area contributed by atoms with Crippen LogP contribution < -0.4 is 15.4 Å². The normalized spacial score (nSPS) is 11.4. The molecule has 11 heteroatoms. The lowest BCUT2D eigenvalue weighted by Crippen LogP contribution is -2.40. The maximum atomic E-state index is 13.4. The molecule has 3 aromatic carbocycles. The molecule has 0 saturated carbocycles. The van der Waals surface area contributed by atoms with Gasteiger partial charge < -0.3 is 10.2 Å². The molecular formula is C29H32ClN5O3S2. The first-order valence-electron chi connectivity index (χ1n) is 12.8. The molecule has 2 amide bonds. The highest BCUT2D eigenvalue weighted by Crippen LogP contribution is 2.36. The molecule has 4 aromatic rings. The number of hydrogen-bond acceptors (Lipinski definition) is 6. The molecule has 0 aliphatic heterocycles. The molecule has 1 heterocycles. The van der Waals surface area contributed by atoms with Crippen molar-refractivity contribution in [2.24, 2.45) is 0 Å². The molecule has 0 fully saturated rings. The number of likely N-dealkylation sites (N-methyl/N-ethyl adjacent to an activating group) is 1. The first-order chi connectivity index (χ1) is 19.2. The summed E-state index contributed by atoms with van der Waals surface area (Å²) in [5, 5.41) is 6.43. The van der Waals surface area contributed by atoms with Crippen molar-refractivity contribution >= 4 is 49.8 Å². The second-order valence-corrected chi connectivity index (χ2v) is 12.6. The first kappa shape index (κ1) is 29.5. The molecule has 0 unspecified atom stereocenters. The van der Waals surface area contributed by atoms with Crippen LogP contribution in [-0.4, -0.2) is 57.3 Å². The molecule has 0 aliphatic carbocycles. The number of aromatic nitrogens is 1. The van der Waals surface area contributed by atoms with Crippen LogP contribution >= 0.6 is 22.9 Å². The first-order valence-corrected chi connectivity index (χ1v) is 15.9. The number of rotatable bonds is 12. The van der Waals surface area contributed by atoms with E-state index in [0.29, 0.717) is 46.0 Å². The Balaban J connectivity index is 1.47. The van der Waals surface area contributed by atoms with Crippen molar-refractivity contribution in [3.63, 3.8) is 0 Å². The second kappa shape index (κ2) is 13.8. The molecule has 3 N–H and O–H groups in total. The summed E-state index contributed by atoms with van der Waals surface area (Å²) >= 11 is 7.66. The zero-order chi connectivity index (χ0) is 28.5. The Labute approximate surface area is 244 Å². The molecule has 8 nitrogen and oxygen atoms in total. The van der Waals surface area contributed by atoms with Crippen molar-refractivity contribution in [1.29, 1.82) is 0 Å². The maximum Gasteiger partial charge on any atom is 0.323 e. The predicted molar refractivity (Wildman–Crippen MR) is 165 cm³/mol. The van der Waals surface area contributed by atoms with Gasteiger partial charge in [0.1, 0.15) is 10.0 Å². The number of anilines is 2. The summed E-state index contributed by atoms with van der Waals surface area (Å²) in [6.07, 6.45) is 1.85. The van der Waals surface area contributed by atoms with E-state index >= 15 is 0 Å². The van der Waals surface area contributed by atoms with Gasteiger partial charge in [0.25, 0.3) is 0 Å². The summed E-state index contributed by atoms with van der Waals surface area (Å²) in [6.45, 7) is 1.72. The monoisotopic (exact) mass is 597 g/mol. The minimum absolute atomic E-state index is 0.147. The van der Waals surface area contributed by atoms with Crippen molar-refractivity contribution < 1.29 is 13.2 Å². The van der Waals surface area contributed by atoms with Gasteiger partial charge in [0.15, 0.2) is 5.13 Å². The number of urea groups is 1. The zero-order valence-electron chi connectivity index (χ0n) is 22.3. The van der Waals surface area contributed by atoms with E-state index in [1.165, 1.54) is 22.5 Å². The van der Waals surface area contributed by atoms with Gasteiger partial charge in [-0.15, -0.1) is 0 Å². The van der Waals surface area contributed by atoms with Gasteiger partial charge in [-0.3, -0.25) is 10.0 Å². The van der Waals surface area contributed by atoms with Gasteiger partial charge in [-0.1, -0.05) is 95.7 Å². The molecule has 0 atom stereocenters. The number of carbonyl (C=O) groups is 1. The molecular weight excluding hydrogens is 566 g/mol. The van der Waals surface area contributed by atoms with Crippen LogP contribution in [0.1, 0.15) is 23.5 Å². The number of benzene rings is 3. The number of thiazole rings is 1. The quantitative estimate of drug-likeness (QED) is 0.183. The van der Waals surface area contributed by atoms with Crippen molar-refractivity contribution in [2.45, 2.75) is 12.3 Å². The Morgan fingerprint density at radius 3 is 2.10 bits per heavy atom. The standard InChI is InChI=1S/C29H32ClN5O3S2/c1-31-18-20-35(19-17-25(21-9-5-3-6-10-21)22-11-7-4-8-12-22)29(36)33-28-32-26(27(30)39-28)23-13-15-24(16-14-23)34-40(2,37)38/h3-16,25,31,34H,17-20H2,1-2H3,(H,32,33,36). The third-order valence-electron chi connectivity index (χ3n) is 6.27. The average molecular weight is 598 g/mol. The number of hydrogen-bond donors (Lipinski definition) is 3. The van der Waals surface area contributed by atoms with Crippen molar-refractivity contribution in [2.75, 3.05) is 43.0 Å². The molecule has 0 bridgehead atoms. The van der Waals surface area contributed by atoms with Crippen LogP contribution in [0.5, 0.6) is 0 Å². The summed E-state index contributed by atoms with van der Waals surface area (Å²) in [6, 6.07) is 27.1. The van der Waals surface area contributed by atoms with Crippen LogP contribution in [0.2, 0.25) is 4.34 Å². The van der Waals surface area contributed by atoms with Crippen LogP contribution in [0.15, 0.2) is 84.9 Å². The summed E-state index contributed by atoms with van der Waals surface area (Å²) in [5.74, 6) is 0.147. The van der Waals surface area contributed by atoms with Crippen molar-refractivity contribution in [3.05, 3.63) is 100 Å². The lowest BCUT2D eigenvalue weighted by Gasteiger charge is -2.26. The Hall–Kier alpha value is -3.44. The highest BCUT2D eigenvalue weighted by Gasteiger charge is 2.21. The van der Waals surface area contributed by atoms with E-state index in [9.17, 15) is 13.2 Å². The fraction of sp³-hybridized carbons (Fsp3) is 0.241. The topological polar surface area (TPSA) is 103 Å². The number of carbonyl (C=O) groups excluding carboxylic acids is 1. The van der Waals surface area contributed by atoms with E-state index in [1.54, 1.807) is 29.2 Å². The van der Waals surface area contributed by atoms with Gasteiger partial charge in [-0.25, -0.2) is 18.2 Å². The molecule has 0 aliphatic rings. The zero-order valence-corrected chi connectivity index (χ0v) is 24.7. The largest absolute Gasteiger partial charge is 0.323 e. The lowest BCUT2D eigenvalue weighted by atomic mass is 9.88. The molecule has 0 radical (unpaired) electrons. The van der Waals surface area contributed by atoms with E-state index in [4.69, 9.17) is 11.6 Å². The minimum Gasteiger partial charge on any atom is -0.323 e. The van der Waals surface area contributed by atoms with Gasteiger partial charge in [0.2, 0.25) is 10.0 Å². The third-order valence-corrected chi connectivity index (χ3v) is 8.05. The molecule has 210 valence electrons. The maximum absolute atomic E-state index is 13.4. The van der Waals surface area contributed by atoms with Crippen molar-refractivity contribution in [1.82, 2.24) is 15.2 Å². The minimum atomic E-state index is -3.38. The molecule has 0 spiro atoms. The van der Waals surface area contributed by atoms with Crippen LogP contribution in [0.25, 0.3) is 11.3 Å². The highest BCUT2D eigenvalue weighted by molar-refractivity contribution is 7.92. The Bertz CT molecular complexity index is 1460. The summed E-state index contributed by atoms with van der Waals surface area (Å²) in [7, 11) is -1.52. The van der Waals surface area contributed by atoms with E-state index in [0.717, 1.165) is 12.7 Å². The number of nitrogens with zero attached hydrogens (tertiary/aromatic N) is 2. The number of amides is 2. The lowest BCUT2D eigenvalue weighted by molar-refractivity contribution is 0.210. The van der Waals surface area contributed by atoms with E-state index < -0.39 is 10.0 Å². The van der Waals surface area contributed by atoms with Crippen LogP contribution in [0, 0.1) is 0 Å². The van der Waals surface area contributed by atoms with Gasteiger partial charge in [0, 0.05) is 36.8 Å². The molecule has 1 aromatic heterocycles. The van der Waals surface area contributed by atoms with Gasteiger partial charge >= 0.3 is 6.03 Å². The SMILES string of the molecule is CNCCN(CCC(c1ccccc1)c1ccccc1)C(=O)Nc1nc(-c2ccc(NS(C)(=O)=O)cc2)c(Cl)s1. The van der Waals surface area contributed by atoms with Gasteiger partial charge in [0.05, 0.1) is 6.26 Å². The number of nitrogens with one attached hydrogen (secondary N) is 3. The number of sulfonamides is 1. The smallest absolute Gasteiger partial charge is 0.323 e. The molecule has 0 saturated heterocycles. The van der Waals surface area contributed by atoms with E-state index in [1.807, 2.05) is 43.4 Å². The Kier molecular flexibility index (Phi) is 10.2. The Morgan fingerprint density at radius 1 is 0.950 bits per heavy atom. The fourth-order valence-corrected chi connectivity index (χ4v) is 6.00. The summed E-state index contributed by atoms with van der Waals surface area (Å²) in [4.78, 5) is 19.7. The van der Waals surface area contributed by atoms with Crippen molar-refractivity contribution in [3.8, 4) is 11.3 Å². The van der Waals surface area contributed by atoms with Gasteiger partial charge in [-0.2, -0.15) is 0 Å². The molecule has 40 heavy (non-hydrogen) atoms. The molecule has 4 rings (SSSR count). The fourth-order valence-electron chi connectivity index (χ4n) is 4.36. The van der Waals surface area contributed by atoms with Crippen LogP contribution in [-0.2, 0) is 10.0 Å². The predicted octanol–water partition coefficient (Wildman–Crippen LogP) is 6.11. The van der Waals surface area contributed by atoms with Crippen LogP contribution in [0.3, 0.4) is 0 Å². The van der Waals surface area contributed by atoms with Crippen LogP contribution in [0.4, 0.5) is 15.6 Å². The number of halogens is 1. The highest BCUT2D eigenvalue weighted by atomic mass is 35.5. The van der Waals surface area contributed by atoms with E-state index in [-0.39, 0.29) is 11.9 Å². The average Bonchev–Trinajstić information content (AvgIpc) is 3.30. The second-order valence-electron chi connectivity index (χ2n) is 9.28. The summed E-state index contributed by atoms with van der Waals surface area (Å²) in [5.41, 5.74) is 4.08. The summed E-state index contributed by atoms with van der Waals surface area (Å²) < 4.78 is 25.8.